The van der Waals surface area contributed by atoms with Crippen molar-refractivity contribution < 1.29 is 13.9 Å². The van der Waals surface area contributed by atoms with E-state index in [2.05, 4.69) is 21.4 Å². The van der Waals surface area contributed by atoms with Gasteiger partial charge in [-0.2, -0.15) is 0 Å². The number of rotatable bonds is 2. The van der Waals surface area contributed by atoms with Crippen LogP contribution in [0.15, 0.2) is 24.0 Å². The van der Waals surface area contributed by atoms with E-state index in [0.29, 0.717) is 32.8 Å². The first-order valence-corrected chi connectivity index (χ1v) is 8.76. The third-order valence-corrected chi connectivity index (χ3v) is 5.43. The lowest BCUT2D eigenvalue weighted by atomic mass is 10.1. The fourth-order valence-electron chi connectivity index (χ4n) is 3.17. The van der Waals surface area contributed by atoms with Crippen molar-refractivity contribution in [3.8, 4) is 0 Å². The number of carbonyl (C=O) groups excluding carboxylic acids is 1. The van der Waals surface area contributed by atoms with E-state index in [-0.39, 0.29) is 11.7 Å². The van der Waals surface area contributed by atoms with Crippen LogP contribution in [-0.4, -0.2) is 53.1 Å². The monoisotopic (exact) mass is 348 g/mol. The highest BCUT2D eigenvalue weighted by atomic mass is 32.1. The Morgan fingerprint density at radius 3 is 3.21 bits per heavy atom. The van der Waals surface area contributed by atoms with E-state index in [0.717, 1.165) is 12.6 Å². The molecule has 1 saturated heterocycles. The van der Waals surface area contributed by atoms with Crippen LogP contribution in [0.2, 0.25) is 0 Å². The molecule has 0 bridgehead atoms. The number of amides is 1. The molecule has 2 aromatic heterocycles. The first-order valence-electron chi connectivity index (χ1n) is 7.88. The van der Waals surface area contributed by atoms with E-state index >= 15 is 0 Å². The molecular formula is C16H17FN4O2S. The minimum atomic E-state index is -0.590. The van der Waals surface area contributed by atoms with Gasteiger partial charge in [0.05, 0.1) is 19.3 Å². The summed E-state index contributed by atoms with van der Waals surface area (Å²) in [5.41, 5.74) is 1.22. The van der Waals surface area contributed by atoms with Gasteiger partial charge in [-0.05, 0) is 23.4 Å². The molecule has 6 nitrogen and oxygen atoms in total. The summed E-state index contributed by atoms with van der Waals surface area (Å²) in [6, 6.07) is 2.07. The molecule has 1 atom stereocenters. The largest absolute Gasteiger partial charge is 0.365 e. The highest BCUT2D eigenvalue weighted by molar-refractivity contribution is 7.10. The zero-order valence-electron chi connectivity index (χ0n) is 13.0. The molecule has 126 valence electrons. The minimum absolute atomic E-state index is 0.0361. The quantitative estimate of drug-likeness (QED) is 0.823. The summed E-state index contributed by atoms with van der Waals surface area (Å²) in [6.45, 7) is 2.51. The van der Waals surface area contributed by atoms with Crippen molar-refractivity contribution in [2.45, 2.75) is 19.1 Å². The molecule has 0 aromatic carbocycles. The van der Waals surface area contributed by atoms with Gasteiger partial charge in [-0.25, -0.2) is 14.4 Å². The van der Waals surface area contributed by atoms with Crippen molar-refractivity contribution in [1.29, 1.82) is 0 Å². The van der Waals surface area contributed by atoms with E-state index < -0.39 is 11.9 Å². The summed E-state index contributed by atoms with van der Waals surface area (Å²) in [4.78, 5) is 25.4. The summed E-state index contributed by atoms with van der Waals surface area (Å²) in [5.74, 6) is -0.289. The first-order chi connectivity index (χ1) is 11.7. The summed E-state index contributed by atoms with van der Waals surface area (Å²) in [7, 11) is 0. The predicted molar refractivity (Wildman–Crippen MR) is 87.4 cm³/mol. The number of halogens is 1. The molecule has 4 rings (SSSR count). The molecule has 2 aromatic rings. The Kier molecular flexibility index (Phi) is 4.15. The molecule has 0 spiro atoms. The van der Waals surface area contributed by atoms with Crippen LogP contribution in [0.5, 0.6) is 0 Å². The number of ether oxygens (including phenoxy) is 1. The standard InChI is InChI=1S/C16H17FN4O2S/c17-12-7-18-10-19-15(12)20-4-5-23-13(9-20)16(22)21-3-1-14-11(8-21)2-6-24-14/h2,6-7,10,13H,1,3-5,8-9H2. The van der Waals surface area contributed by atoms with Gasteiger partial charge >= 0.3 is 0 Å². The normalized spacial score (nSPS) is 20.8. The lowest BCUT2D eigenvalue weighted by molar-refractivity contribution is -0.145. The molecule has 24 heavy (non-hydrogen) atoms. The Labute approximate surface area is 142 Å². The lowest BCUT2D eigenvalue weighted by Crippen LogP contribution is -2.52. The maximum Gasteiger partial charge on any atom is 0.253 e. The van der Waals surface area contributed by atoms with Crippen molar-refractivity contribution in [2.75, 3.05) is 31.1 Å². The van der Waals surface area contributed by atoms with E-state index in [1.807, 2.05) is 4.90 Å². The van der Waals surface area contributed by atoms with Crippen LogP contribution in [0.3, 0.4) is 0 Å². The van der Waals surface area contributed by atoms with E-state index in [1.165, 1.54) is 16.8 Å². The van der Waals surface area contributed by atoms with Gasteiger partial charge in [0.1, 0.15) is 6.33 Å². The SMILES string of the molecule is O=C(C1CN(c2ncncc2F)CCO1)N1CCc2sccc2C1. The fraction of sp³-hybridized carbons (Fsp3) is 0.438. The molecule has 1 fully saturated rings. The highest BCUT2D eigenvalue weighted by Gasteiger charge is 2.33. The summed E-state index contributed by atoms with van der Waals surface area (Å²) < 4.78 is 19.5. The van der Waals surface area contributed by atoms with E-state index in [4.69, 9.17) is 4.74 Å². The molecule has 8 heteroatoms. The molecule has 1 unspecified atom stereocenters. The molecule has 0 radical (unpaired) electrons. The number of anilines is 1. The van der Waals surface area contributed by atoms with Gasteiger partial charge in [0.25, 0.3) is 5.91 Å². The second-order valence-electron chi connectivity index (χ2n) is 5.88. The Morgan fingerprint density at radius 1 is 1.42 bits per heavy atom. The highest BCUT2D eigenvalue weighted by Crippen LogP contribution is 2.25. The molecule has 0 saturated carbocycles. The predicted octanol–water partition coefficient (Wildman–Crippen LogP) is 1.47. The number of thiophene rings is 1. The van der Waals surface area contributed by atoms with E-state index in [9.17, 15) is 9.18 Å². The number of hydrogen-bond donors (Lipinski definition) is 0. The number of morpholine rings is 1. The summed E-state index contributed by atoms with van der Waals surface area (Å²) in [5, 5.41) is 2.06. The molecule has 2 aliphatic rings. The van der Waals surface area contributed by atoms with Crippen LogP contribution in [-0.2, 0) is 22.5 Å². The molecular weight excluding hydrogens is 331 g/mol. The topological polar surface area (TPSA) is 58.6 Å². The molecule has 2 aliphatic heterocycles. The number of nitrogens with zero attached hydrogens (tertiary/aromatic N) is 4. The average Bonchev–Trinajstić information content (AvgIpc) is 3.09. The third kappa shape index (κ3) is 2.87. The number of aromatic nitrogens is 2. The Bertz CT molecular complexity index is 753. The second kappa shape index (κ2) is 6.45. The molecule has 0 aliphatic carbocycles. The van der Waals surface area contributed by atoms with Crippen LogP contribution in [0, 0.1) is 5.82 Å². The van der Waals surface area contributed by atoms with Crippen molar-refractivity contribution in [1.82, 2.24) is 14.9 Å². The smallest absolute Gasteiger partial charge is 0.253 e. The number of hydrogen-bond acceptors (Lipinski definition) is 6. The molecule has 1 amide bonds. The third-order valence-electron chi connectivity index (χ3n) is 4.41. The number of carbonyl (C=O) groups is 1. The minimum Gasteiger partial charge on any atom is -0.365 e. The zero-order valence-corrected chi connectivity index (χ0v) is 13.8. The van der Waals surface area contributed by atoms with Gasteiger partial charge in [-0.3, -0.25) is 4.79 Å². The Balaban J connectivity index is 1.46. The Morgan fingerprint density at radius 2 is 2.33 bits per heavy atom. The second-order valence-corrected chi connectivity index (χ2v) is 6.88. The van der Waals surface area contributed by atoms with Gasteiger partial charge in [-0.15, -0.1) is 11.3 Å². The zero-order chi connectivity index (χ0) is 16.5. The maximum atomic E-state index is 13.9. The lowest BCUT2D eigenvalue weighted by Gasteiger charge is -2.36. The number of fused-ring (bicyclic) bond motifs is 1. The summed E-state index contributed by atoms with van der Waals surface area (Å²) >= 11 is 1.74. The Hall–Kier alpha value is -2.06. The van der Waals surface area contributed by atoms with Crippen LogP contribution in [0.25, 0.3) is 0 Å². The molecule has 4 heterocycles. The van der Waals surface area contributed by atoms with Gasteiger partial charge in [0, 0.05) is 24.5 Å². The van der Waals surface area contributed by atoms with E-state index in [1.54, 1.807) is 16.2 Å². The van der Waals surface area contributed by atoms with Gasteiger partial charge in [-0.1, -0.05) is 0 Å². The van der Waals surface area contributed by atoms with Crippen molar-refractivity contribution in [3.63, 3.8) is 0 Å². The fourth-order valence-corrected chi connectivity index (χ4v) is 4.06. The maximum absolute atomic E-state index is 13.9. The summed E-state index contributed by atoms with van der Waals surface area (Å²) in [6.07, 6.45) is 2.74. The van der Waals surface area contributed by atoms with Crippen molar-refractivity contribution in [2.24, 2.45) is 0 Å². The van der Waals surface area contributed by atoms with Gasteiger partial charge in [0.2, 0.25) is 0 Å². The van der Waals surface area contributed by atoms with Gasteiger partial charge in [0.15, 0.2) is 17.7 Å². The van der Waals surface area contributed by atoms with Crippen molar-refractivity contribution >= 4 is 23.1 Å². The molecule has 0 N–H and O–H groups in total. The van der Waals surface area contributed by atoms with Crippen molar-refractivity contribution in [3.05, 3.63) is 40.2 Å². The van der Waals surface area contributed by atoms with Crippen LogP contribution in [0.1, 0.15) is 10.4 Å². The van der Waals surface area contributed by atoms with Crippen LogP contribution >= 0.6 is 11.3 Å². The average molecular weight is 348 g/mol. The first kappa shape index (κ1) is 15.5. The van der Waals surface area contributed by atoms with Crippen LogP contribution in [0.4, 0.5) is 10.2 Å². The van der Waals surface area contributed by atoms with Gasteiger partial charge < -0.3 is 14.5 Å². The van der Waals surface area contributed by atoms with Crippen LogP contribution < -0.4 is 4.90 Å².